The van der Waals surface area contributed by atoms with Gasteiger partial charge in [-0.15, -0.1) is 4.40 Å². The number of hydrogen-bond acceptors (Lipinski definition) is 6. The third-order valence-electron chi connectivity index (χ3n) is 6.49. The Kier molecular flexibility index (Phi) is 7.16. The molecule has 0 atom stereocenters. The third-order valence-corrected chi connectivity index (χ3v) is 7.90. The van der Waals surface area contributed by atoms with E-state index in [0.717, 1.165) is 11.1 Å². The fraction of sp³-hybridized carbons (Fsp3) is 0.385. The van der Waals surface area contributed by atoms with Gasteiger partial charge >= 0.3 is 0 Å². The van der Waals surface area contributed by atoms with Crippen LogP contribution in [0.2, 0.25) is 0 Å². The van der Waals surface area contributed by atoms with E-state index in [1.165, 1.54) is 0 Å². The molecule has 0 saturated carbocycles. The number of piperidine rings is 1. The fourth-order valence-corrected chi connectivity index (χ4v) is 6.10. The van der Waals surface area contributed by atoms with Gasteiger partial charge in [0.15, 0.2) is 11.5 Å². The van der Waals surface area contributed by atoms with Crippen LogP contribution in [0.5, 0.6) is 11.5 Å². The van der Waals surface area contributed by atoms with Crippen LogP contribution in [0, 0.1) is 12.8 Å². The summed E-state index contributed by atoms with van der Waals surface area (Å²) in [5.74, 6) is 1.41. The van der Waals surface area contributed by atoms with Crippen LogP contribution < -0.4 is 14.8 Å². The second kappa shape index (κ2) is 10.1. The summed E-state index contributed by atoms with van der Waals surface area (Å²) in [6.07, 6.45) is 1.77. The summed E-state index contributed by atoms with van der Waals surface area (Å²) in [5, 5.41) is 2.96. The highest BCUT2D eigenvalue weighted by Gasteiger charge is 2.36. The Morgan fingerprint density at radius 2 is 1.71 bits per heavy atom. The van der Waals surface area contributed by atoms with Gasteiger partial charge in [0.05, 0.1) is 14.2 Å². The molecule has 186 valence electrons. The van der Waals surface area contributed by atoms with Gasteiger partial charge < -0.3 is 19.7 Å². The molecule has 0 spiro atoms. The van der Waals surface area contributed by atoms with Crippen molar-refractivity contribution in [3.8, 4) is 11.5 Å². The summed E-state index contributed by atoms with van der Waals surface area (Å²) in [6, 6.07) is 12.7. The SMILES string of the molecule is CCC1=C(c2ccc(C)cc2)S(=O)(=O)N=C1N1CCC(C(=O)Nc2ccc(OC)c(OC)c2)CC1. The zero-order chi connectivity index (χ0) is 25.2. The van der Waals surface area contributed by atoms with Crippen LogP contribution in [-0.4, -0.2) is 52.4 Å². The molecule has 1 N–H and O–H groups in total. The molecule has 2 aromatic carbocycles. The summed E-state index contributed by atoms with van der Waals surface area (Å²) in [5.41, 5.74) is 3.11. The first-order valence-electron chi connectivity index (χ1n) is 11.7. The third kappa shape index (κ3) is 5.05. The molecule has 1 amide bonds. The van der Waals surface area contributed by atoms with E-state index in [-0.39, 0.29) is 11.8 Å². The van der Waals surface area contributed by atoms with E-state index in [9.17, 15) is 13.2 Å². The first-order valence-corrected chi connectivity index (χ1v) is 13.1. The summed E-state index contributed by atoms with van der Waals surface area (Å²) in [4.78, 5) is 15.2. The molecule has 2 aliphatic rings. The van der Waals surface area contributed by atoms with Crippen LogP contribution >= 0.6 is 0 Å². The van der Waals surface area contributed by atoms with Gasteiger partial charge in [0.2, 0.25) is 5.91 Å². The molecular weight excluding hydrogens is 466 g/mol. The number of aryl methyl sites for hydroxylation is 1. The Balaban J connectivity index is 1.46. The molecule has 0 unspecified atom stereocenters. The molecule has 0 radical (unpaired) electrons. The molecule has 2 aromatic rings. The van der Waals surface area contributed by atoms with Gasteiger partial charge in [0, 0.05) is 36.3 Å². The Morgan fingerprint density at radius 1 is 1.06 bits per heavy atom. The number of nitrogens with zero attached hydrogens (tertiary/aromatic N) is 2. The van der Waals surface area contributed by atoms with Gasteiger partial charge in [0.25, 0.3) is 10.0 Å². The molecule has 1 fully saturated rings. The van der Waals surface area contributed by atoms with Crippen molar-refractivity contribution < 1.29 is 22.7 Å². The number of amidine groups is 1. The largest absolute Gasteiger partial charge is 0.493 e. The van der Waals surface area contributed by atoms with Crippen molar-refractivity contribution in [3.63, 3.8) is 0 Å². The number of rotatable bonds is 6. The molecule has 8 nitrogen and oxygen atoms in total. The maximum atomic E-state index is 13.0. The minimum atomic E-state index is -3.77. The number of ether oxygens (including phenoxy) is 2. The van der Waals surface area contributed by atoms with Crippen molar-refractivity contribution in [2.24, 2.45) is 10.3 Å². The average molecular weight is 498 g/mol. The lowest BCUT2D eigenvalue weighted by atomic mass is 9.94. The maximum absolute atomic E-state index is 13.0. The van der Waals surface area contributed by atoms with E-state index in [4.69, 9.17) is 9.47 Å². The Bertz CT molecular complexity index is 1270. The average Bonchev–Trinajstić information content (AvgIpc) is 3.14. The number of anilines is 1. The zero-order valence-corrected chi connectivity index (χ0v) is 21.3. The van der Waals surface area contributed by atoms with Gasteiger partial charge in [-0.2, -0.15) is 8.42 Å². The highest BCUT2D eigenvalue weighted by Crippen LogP contribution is 2.37. The van der Waals surface area contributed by atoms with Gasteiger partial charge in [-0.05, 0) is 43.9 Å². The number of nitrogens with one attached hydrogen (secondary N) is 1. The quantitative estimate of drug-likeness (QED) is 0.642. The number of amides is 1. The second-order valence-corrected chi connectivity index (χ2v) is 10.3. The Labute approximate surface area is 206 Å². The van der Waals surface area contributed by atoms with Crippen LogP contribution in [0.1, 0.15) is 37.3 Å². The number of likely N-dealkylation sites (tertiary alicyclic amines) is 1. The van der Waals surface area contributed by atoms with Gasteiger partial charge in [-0.1, -0.05) is 36.8 Å². The monoisotopic (exact) mass is 497 g/mol. The van der Waals surface area contributed by atoms with Crippen molar-refractivity contribution in [2.75, 3.05) is 32.6 Å². The minimum Gasteiger partial charge on any atom is -0.493 e. The van der Waals surface area contributed by atoms with E-state index < -0.39 is 10.0 Å². The minimum absolute atomic E-state index is 0.0653. The van der Waals surface area contributed by atoms with Crippen molar-refractivity contribution in [1.29, 1.82) is 0 Å². The summed E-state index contributed by atoms with van der Waals surface area (Å²) in [7, 11) is -0.659. The summed E-state index contributed by atoms with van der Waals surface area (Å²) < 4.78 is 40.7. The van der Waals surface area contributed by atoms with Crippen LogP contribution in [0.25, 0.3) is 4.91 Å². The van der Waals surface area contributed by atoms with Crippen LogP contribution in [0.3, 0.4) is 0 Å². The first kappa shape index (κ1) is 24.8. The van der Waals surface area contributed by atoms with Gasteiger partial charge in [-0.3, -0.25) is 4.79 Å². The number of hydrogen-bond donors (Lipinski definition) is 1. The summed E-state index contributed by atoms with van der Waals surface area (Å²) >= 11 is 0. The molecule has 0 aliphatic carbocycles. The zero-order valence-electron chi connectivity index (χ0n) is 20.5. The molecule has 2 aliphatic heterocycles. The van der Waals surface area contributed by atoms with Crippen molar-refractivity contribution in [3.05, 3.63) is 59.2 Å². The van der Waals surface area contributed by atoms with Crippen LogP contribution in [0.15, 0.2) is 52.4 Å². The number of methoxy groups -OCH3 is 2. The Hall–Kier alpha value is -3.33. The molecule has 0 bridgehead atoms. The van der Waals surface area contributed by atoms with E-state index >= 15 is 0 Å². The van der Waals surface area contributed by atoms with Gasteiger partial charge in [-0.25, -0.2) is 0 Å². The van der Waals surface area contributed by atoms with E-state index in [2.05, 4.69) is 9.71 Å². The smallest absolute Gasteiger partial charge is 0.285 e. The fourth-order valence-electron chi connectivity index (χ4n) is 4.58. The molecule has 1 saturated heterocycles. The highest BCUT2D eigenvalue weighted by molar-refractivity contribution is 8.00. The van der Waals surface area contributed by atoms with Crippen LogP contribution in [-0.2, 0) is 14.8 Å². The van der Waals surface area contributed by atoms with E-state index in [0.29, 0.717) is 65.8 Å². The number of carbonyl (C=O) groups excluding carboxylic acids is 1. The molecule has 2 heterocycles. The van der Waals surface area contributed by atoms with Crippen molar-refractivity contribution in [1.82, 2.24) is 4.90 Å². The highest BCUT2D eigenvalue weighted by atomic mass is 32.2. The Morgan fingerprint density at radius 3 is 2.31 bits per heavy atom. The predicted octanol–water partition coefficient (Wildman–Crippen LogP) is 4.23. The molecule has 35 heavy (non-hydrogen) atoms. The standard InChI is InChI=1S/C26H31N3O5S/c1-5-21-24(18-8-6-17(2)7-9-18)35(31,32)28-25(21)29-14-12-19(13-15-29)26(30)27-20-10-11-22(33-3)23(16-20)34-4/h6-11,16,19H,5,12-15H2,1-4H3,(H,27,30). The van der Waals surface area contributed by atoms with Crippen molar-refractivity contribution in [2.45, 2.75) is 33.1 Å². The lowest BCUT2D eigenvalue weighted by molar-refractivity contribution is -0.120. The van der Waals surface area contributed by atoms with Gasteiger partial charge in [0.1, 0.15) is 10.7 Å². The van der Waals surface area contributed by atoms with Crippen LogP contribution in [0.4, 0.5) is 5.69 Å². The van der Waals surface area contributed by atoms with E-state index in [1.807, 2.05) is 43.0 Å². The topological polar surface area (TPSA) is 97.3 Å². The first-order chi connectivity index (χ1) is 16.8. The van der Waals surface area contributed by atoms with Crippen molar-refractivity contribution >= 4 is 32.4 Å². The lowest BCUT2D eigenvalue weighted by Crippen LogP contribution is -2.41. The second-order valence-electron chi connectivity index (χ2n) is 8.74. The number of sulfonamides is 1. The number of benzene rings is 2. The van der Waals surface area contributed by atoms with E-state index in [1.54, 1.807) is 32.4 Å². The molecular formula is C26H31N3O5S. The molecule has 0 aromatic heterocycles. The maximum Gasteiger partial charge on any atom is 0.285 e. The predicted molar refractivity (Wildman–Crippen MR) is 137 cm³/mol. The normalized spacial score (nSPS) is 17.8. The summed E-state index contributed by atoms with van der Waals surface area (Å²) in [6.45, 7) is 5.03. The number of carbonyl (C=O) groups is 1. The molecule has 4 rings (SSSR count). The lowest BCUT2D eigenvalue weighted by Gasteiger charge is -2.33. The molecule has 9 heteroatoms.